The molecule has 1 N–H and O–H groups in total. The number of para-hydroxylation sites is 1. The lowest BCUT2D eigenvalue weighted by Gasteiger charge is -2.42. The molecular formula is C33H30F3N3O3S. The van der Waals surface area contributed by atoms with Gasteiger partial charge in [-0.05, 0) is 61.2 Å². The van der Waals surface area contributed by atoms with E-state index in [0.717, 1.165) is 67.5 Å². The zero-order chi connectivity index (χ0) is 30.2. The van der Waals surface area contributed by atoms with Crippen LogP contribution in [0.1, 0.15) is 48.8 Å². The fourth-order valence-electron chi connectivity index (χ4n) is 6.40. The molecule has 1 heterocycles. The lowest BCUT2D eigenvalue weighted by atomic mass is 9.62. The van der Waals surface area contributed by atoms with E-state index < -0.39 is 17.6 Å². The molecule has 0 saturated heterocycles. The molecule has 4 aromatic rings. The minimum absolute atomic E-state index is 0.183. The fraction of sp³-hybridized carbons (Fsp3) is 0.303. The van der Waals surface area contributed by atoms with Gasteiger partial charge in [-0.2, -0.15) is 13.2 Å². The number of ether oxygens (including phenoxy) is 1. The van der Waals surface area contributed by atoms with Crippen molar-refractivity contribution in [3.8, 4) is 22.7 Å². The van der Waals surface area contributed by atoms with Gasteiger partial charge in [-0.25, -0.2) is 4.98 Å². The van der Waals surface area contributed by atoms with Gasteiger partial charge in [0.15, 0.2) is 5.16 Å². The third-order valence-electron chi connectivity index (χ3n) is 8.36. The van der Waals surface area contributed by atoms with E-state index in [9.17, 15) is 22.8 Å². The number of aromatic nitrogens is 2. The van der Waals surface area contributed by atoms with Crippen LogP contribution in [0, 0.1) is 0 Å². The third kappa shape index (κ3) is 5.56. The molecule has 2 aliphatic carbocycles. The van der Waals surface area contributed by atoms with Crippen LogP contribution in [0.5, 0.6) is 5.75 Å². The summed E-state index contributed by atoms with van der Waals surface area (Å²) < 4.78 is 47.4. The first-order chi connectivity index (χ1) is 20.7. The molecule has 10 heteroatoms. The number of methoxy groups -OCH3 is 1. The van der Waals surface area contributed by atoms with Crippen LogP contribution >= 0.6 is 11.8 Å². The van der Waals surface area contributed by atoms with Gasteiger partial charge < -0.3 is 10.1 Å². The Morgan fingerprint density at radius 3 is 2.42 bits per heavy atom. The molecule has 1 spiro atoms. The Kier molecular flexibility index (Phi) is 7.81. The van der Waals surface area contributed by atoms with E-state index in [1.807, 2.05) is 18.2 Å². The lowest BCUT2D eigenvalue weighted by molar-refractivity contribution is -0.137. The highest BCUT2D eigenvalue weighted by Crippen LogP contribution is 2.49. The van der Waals surface area contributed by atoms with Crippen LogP contribution in [-0.4, -0.2) is 28.3 Å². The smallest absolute Gasteiger partial charge is 0.418 e. The summed E-state index contributed by atoms with van der Waals surface area (Å²) in [6.07, 6.45) is 1.11. The summed E-state index contributed by atoms with van der Waals surface area (Å²) in [6, 6.07) is 19.9. The molecule has 3 aromatic carbocycles. The number of anilines is 1. The molecule has 1 aromatic heterocycles. The first-order valence-electron chi connectivity index (χ1n) is 14.2. The second-order valence-electron chi connectivity index (χ2n) is 11.0. The summed E-state index contributed by atoms with van der Waals surface area (Å²) in [7, 11) is 1.56. The van der Waals surface area contributed by atoms with Crippen molar-refractivity contribution in [2.45, 2.75) is 55.3 Å². The highest BCUT2D eigenvalue weighted by Gasteiger charge is 2.43. The van der Waals surface area contributed by atoms with Crippen molar-refractivity contribution in [2.24, 2.45) is 0 Å². The maximum Gasteiger partial charge on any atom is 0.418 e. The number of amides is 1. The molecule has 0 atom stereocenters. The number of hydrogen-bond donors (Lipinski definition) is 1. The summed E-state index contributed by atoms with van der Waals surface area (Å²) in [5.74, 6) is -0.267. The predicted molar refractivity (Wildman–Crippen MR) is 161 cm³/mol. The summed E-state index contributed by atoms with van der Waals surface area (Å²) >= 11 is 1.02. The average Bonchev–Trinajstić information content (AvgIpc) is 3.00. The summed E-state index contributed by atoms with van der Waals surface area (Å²) in [5.41, 5.74) is 2.18. The first-order valence-corrected chi connectivity index (χ1v) is 15.2. The van der Waals surface area contributed by atoms with Crippen molar-refractivity contribution in [1.29, 1.82) is 0 Å². The van der Waals surface area contributed by atoms with E-state index in [-0.39, 0.29) is 27.6 Å². The van der Waals surface area contributed by atoms with E-state index in [1.54, 1.807) is 31.4 Å². The number of fused-ring (bicyclic) bond motifs is 4. The van der Waals surface area contributed by atoms with Crippen molar-refractivity contribution < 1.29 is 22.7 Å². The number of alkyl halides is 3. The lowest BCUT2D eigenvalue weighted by Crippen LogP contribution is -2.43. The van der Waals surface area contributed by atoms with Gasteiger partial charge >= 0.3 is 6.18 Å². The molecule has 0 aliphatic heterocycles. The van der Waals surface area contributed by atoms with E-state index in [4.69, 9.17) is 9.72 Å². The number of carbonyl (C=O) groups is 1. The van der Waals surface area contributed by atoms with E-state index >= 15 is 0 Å². The van der Waals surface area contributed by atoms with Crippen LogP contribution in [0.3, 0.4) is 0 Å². The van der Waals surface area contributed by atoms with E-state index in [1.165, 1.54) is 22.8 Å². The van der Waals surface area contributed by atoms with Gasteiger partial charge in [-0.15, -0.1) is 0 Å². The van der Waals surface area contributed by atoms with Crippen LogP contribution in [-0.2, 0) is 22.8 Å². The van der Waals surface area contributed by atoms with E-state index in [0.29, 0.717) is 22.7 Å². The zero-order valence-corrected chi connectivity index (χ0v) is 24.4. The van der Waals surface area contributed by atoms with Crippen LogP contribution in [0.15, 0.2) is 82.7 Å². The summed E-state index contributed by atoms with van der Waals surface area (Å²) in [6.45, 7) is 0. The average molecular weight is 606 g/mol. The van der Waals surface area contributed by atoms with Gasteiger partial charge in [0, 0.05) is 11.0 Å². The van der Waals surface area contributed by atoms with Crippen molar-refractivity contribution in [2.75, 3.05) is 18.2 Å². The second kappa shape index (κ2) is 11.6. The number of halogens is 3. The number of nitrogens with zero attached hydrogens (tertiary/aromatic N) is 2. The van der Waals surface area contributed by atoms with Crippen LogP contribution in [0.4, 0.5) is 18.9 Å². The number of hydrogen-bond acceptors (Lipinski definition) is 5. The Balaban J connectivity index is 1.44. The van der Waals surface area contributed by atoms with E-state index in [2.05, 4.69) is 11.4 Å². The van der Waals surface area contributed by atoms with Crippen molar-refractivity contribution in [3.63, 3.8) is 0 Å². The topological polar surface area (TPSA) is 73.2 Å². The second-order valence-corrected chi connectivity index (χ2v) is 12.0. The van der Waals surface area contributed by atoms with Crippen LogP contribution < -0.4 is 15.6 Å². The summed E-state index contributed by atoms with van der Waals surface area (Å²) in [5, 5.41) is 2.68. The molecule has 222 valence electrons. The molecule has 2 aliphatic rings. The Labute approximate surface area is 251 Å². The maximum absolute atomic E-state index is 14.6. The first kappa shape index (κ1) is 29.0. The van der Waals surface area contributed by atoms with Gasteiger partial charge in [0.05, 0.1) is 41.1 Å². The minimum Gasteiger partial charge on any atom is -0.497 e. The Morgan fingerprint density at radius 1 is 1.00 bits per heavy atom. The molecule has 1 amide bonds. The van der Waals surface area contributed by atoms with Gasteiger partial charge in [0.1, 0.15) is 5.75 Å². The van der Waals surface area contributed by atoms with Crippen molar-refractivity contribution in [3.05, 3.63) is 99.8 Å². The van der Waals surface area contributed by atoms with Crippen LogP contribution in [0.2, 0.25) is 0 Å². The number of nitrogens with one attached hydrogen (secondary N) is 1. The fourth-order valence-corrected chi connectivity index (χ4v) is 7.21. The number of thioether (sulfide) groups is 1. The number of carbonyl (C=O) groups excluding carboxylic acids is 1. The van der Waals surface area contributed by atoms with Gasteiger partial charge in [0.2, 0.25) is 5.91 Å². The normalized spacial score (nSPS) is 15.4. The maximum atomic E-state index is 14.6. The van der Waals surface area contributed by atoms with Crippen LogP contribution in [0.25, 0.3) is 16.9 Å². The molecule has 6 rings (SSSR count). The zero-order valence-electron chi connectivity index (χ0n) is 23.5. The molecule has 0 radical (unpaired) electrons. The molecule has 0 unspecified atom stereocenters. The Bertz CT molecular complexity index is 1730. The third-order valence-corrected chi connectivity index (χ3v) is 9.30. The predicted octanol–water partition coefficient (Wildman–Crippen LogP) is 7.42. The highest BCUT2D eigenvalue weighted by molar-refractivity contribution is 7.99. The standard InChI is InChI=1S/C33H30F3N3O3S/c1-42-23-15-13-22(14-16-23)39-30(41)28-29(24-10-4-3-9-21(24)19-32(28)17-7-2-8-18-32)38-31(39)43-20-27(40)37-26-12-6-5-11-25(26)33(34,35)36/h3-6,9-16H,2,7-8,17-20H2,1H3,(H,37,40). The molecule has 6 nitrogen and oxygen atoms in total. The van der Waals surface area contributed by atoms with Crippen molar-refractivity contribution >= 4 is 23.4 Å². The molecule has 1 fully saturated rings. The monoisotopic (exact) mass is 605 g/mol. The quantitative estimate of drug-likeness (QED) is 0.183. The minimum atomic E-state index is -4.62. The number of rotatable bonds is 6. The van der Waals surface area contributed by atoms with Gasteiger partial charge in [-0.1, -0.05) is 67.4 Å². The largest absolute Gasteiger partial charge is 0.497 e. The van der Waals surface area contributed by atoms with Crippen molar-refractivity contribution in [1.82, 2.24) is 9.55 Å². The molecular weight excluding hydrogens is 575 g/mol. The molecule has 0 bridgehead atoms. The molecule has 43 heavy (non-hydrogen) atoms. The summed E-state index contributed by atoms with van der Waals surface area (Å²) in [4.78, 5) is 32.7. The molecule has 1 saturated carbocycles. The highest BCUT2D eigenvalue weighted by atomic mass is 32.2. The van der Waals surface area contributed by atoms with Gasteiger partial charge in [0.25, 0.3) is 5.56 Å². The Morgan fingerprint density at radius 2 is 1.70 bits per heavy atom. The number of benzene rings is 3. The Hall–Kier alpha value is -4.05. The SMILES string of the molecule is COc1ccc(-n2c(SCC(=O)Nc3ccccc3C(F)(F)F)nc3c(c2=O)C2(CCCCC2)Cc2ccccc2-3)cc1. The van der Waals surface area contributed by atoms with Gasteiger partial charge in [-0.3, -0.25) is 14.2 Å².